The van der Waals surface area contributed by atoms with Crippen LogP contribution in [0.1, 0.15) is 22.3 Å². The molecule has 98 valence electrons. The summed E-state index contributed by atoms with van der Waals surface area (Å²) in [5, 5.41) is 0. The first-order chi connectivity index (χ1) is 8.86. The highest BCUT2D eigenvalue weighted by Gasteiger charge is 2.17. The highest BCUT2D eigenvalue weighted by molar-refractivity contribution is 5.83. The van der Waals surface area contributed by atoms with Crippen LogP contribution in [0.15, 0.2) is 12.1 Å². The molecule has 1 aliphatic heterocycles. The highest BCUT2D eigenvalue weighted by Crippen LogP contribution is 2.34. The number of methoxy groups -OCH3 is 1. The summed E-state index contributed by atoms with van der Waals surface area (Å²) in [4.78, 5) is 11.2. The van der Waals surface area contributed by atoms with E-state index in [4.69, 9.17) is 18.9 Å². The minimum absolute atomic E-state index is 0.187. The van der Waals surface area contributed by atoms with Gasteiger partial charge < -0.3 is 18.9 Å². The number of benzene rings is 1. The molecule has 0 spiro atoms. The summed E-state index contributed by atoms with van der Waals surface area (Å²) in [6.45, 7) is 1.65. The Morgan fingerprint density at radius 2 is 2.17 bits per heavy atom. The normalized spacial score (nSPS) is 14.1. The maximum absolute atomic E-state index is 11.2. The zero-order valence-electron chi connectivity index (χ0n) is 10.3. The van der Waals surface area contributed by atoms with E-state index in [9.17, 15) is 4.79 Å². The van der Waals surface area contributed by atoms with E-state index in [1.165, 1.54) is 0 Å². The minimum Gasteiger partial charge on any atom is -0.490 e. The first kappa shape index (κ1) is 12.9. The van der Waals surface area contributed by atoms with E-state index in [1.54, 1.807) is 13.2 Å². The van der Waals surface area contributed by atoms with Gasteiger partial charge in [-0.1, -0.05) is 6.07 Å². The number of carbonyl (C=O) groups excluding carboxylic acids is 1. The molecule has 0 saturated carbocycles. The molecule has 1 aromatic rings. The van der Waals surface area contributed by atoms with E-state index in [1.807, 2.05) is 6.07 Å². The molecule has 0 fully saturated rings. The van der Waals surface area contributed by atoms with Crippen LogP contribution in [-0.2, 0) is 16.1 Å². The standard InChI is InChI=1S/C13H16O5/c1-15-9-16-8-10-3-4-12-13(11(10)7-14)18-6-2-5-17-12/h3-4,7H,2,5-6,8-9H2,1H3. The first-order valence-electron chi connectivity index (χ1n) is 5.80. The molecular weight excluding hydrogens is 236 g/mol. The lowest BCUT2D eigenvalue weighted by molar-refractivity contribution is -0.0392. The zero-order chi connectivity index (χ0) is 12.8. The lowest BCUT2D eigenvalue weighted by atomic mass is 10.1. The van der Waals surface area contributed by atoms with Gasteiger partial charge in [0, 0.05) is 13.5 Å². The van der Waals surface area contributed by atoms with E-state index in [0.29, 0.717) is 36.9 Å². The van der Waals surface area contributed by atoms with E-state index >= 15 is 0 Å². The lowest BCUT2D eigenvalue weighted by Crippen LogP contribution is -2.03. The average Bonchev–Trinajstić information content (AvgIpc) is 2.64. The van der Waals surface area contributed by atoms with E-state index in [0.717, 1.165) is 18.3 Å². The van der Waals surface area contributed by atoms with Crippen molar-refractivity contribution in [1.82, 2.24) is 0 Å². The van der Waals surface area contributed by atoms with Crippen LogP contribution < -0.4 is 9.47 Å². The number of fused-ring (bicyclic) bond motifs is 1. The summed E-state index contributed by atoms with van der Waals surface area (Å²) in [6, 6.07) is 3.62. The monoisotopic (exact) mass is 252 g/mol. The molecule has 0 N–H and O–H groups in total. The molecule has 0 amide bonds. The summed E-state index contributed by atoms with van der Waals surface area (Å²) >= 11 is 0. The number of aldehydes is 1. The largest absolute Gasteiger partial charge is 0.490 e. The van der Waals surface area contributed by atoms with Gasteiger partial charge in [0.1, 0.15) is 6.79 Å². The van der Waals surface area contributed by atoms with Crippen molar-refractivity contribution in [3.8, 4) is 11.5 Å². The van der Waals surface area contributed by atoms with E-state index < -0.39 is 0 Å². The van der Waals surface area contributed by atoms with Crippen LogP contribution in [-0.4, -0.2) is 33.4 Å². The molecular formula is C13H16O5. The van der Waals surface area contributed by atoms with Crippen LogP contribution in [0.4, 0.5) is 0 Å². The molecule has 1 aromatic carbocycles. The molecule has 0 atom stereocenters. The van der Waals surface area contributed by atoms with Gasteiger partial charge in [-0.15, -0.1) is 0 Å². The number of hydrogen-bond acceptors (Lipinski definition) is 5. The molecule has 5 nitrogen and oxygen atoms in total. The second-order valence-electron chi connectivity index (χ2n) is 3.89. The Balaban J connectivity index is 2.25. The van der Waals surface area contributed by atoms with Crippen molar-refractivity contribution in [2.75, 3.05) is 27.1 Å². The topological polar surface area (TPSA) is 54.0 Å². The first-order valence-corrected chi connectivity index (χ1v) is 5.80. The third-order valence-corrected chi connectivity index (χ3v) is 2.62. The second kappa shape index (κ2) is 6.37. The Bertz CT molecular complexity index is 416. The van der Waals surface area contributed by atoms with Gasteiger partial charge in [0.2, 0.25) is 0 Å². The molecule has 1 heterocycles. The van der Waals surface area contributed by atoms with Crippen LogP contribution >= 0.6 is 0 Å². The Morgan fingerprint density at radius 1 is 1.33 bits per heavy atom. The fraction of sp³-hybridized carbons (Fsp3) is 0.462. The summed E-state index contributed by atoms with van der Waals surface area (Å²) in [5.74, 6) is 1.13. The molecule has 0 saturated heterocycles. The molecule has 0 bridgehead atoms. The van der Waals surface area contributed by atoms with Gasteiger partial charge in [0.25, 0.3) is 0 Å². The van der Waals surface area contributed by atoms with Crippen LogP contribution in [0.2, 0.25) is 0 Å². The third kappa shape index (κ3) is 2.80. The number of hydrogen-bond donors (Lipinski definition) is 0. The highest BCUT2D eigenvalue weighted by atomic mass is 16.7. The summed E-state index contributed by atoms with van der Waals surface area (Å²) in [7, 11) is 1.55. The lowest BCUT2D eigenvalue weighted by Gasteiger charge is -2.13. The minimum atomic E-state index is 0.187. The van der Waals surface area contributed by atoms with Crippen molar-refractivity contribution >= 4 is 6.29 Å². The second-order valence-corrected chi connectivity index (χ2v) is 3.89. The average molecular weight is 252 g/mol. The summed E-state index contributed by atoms with van der Waals surface area (Å²) in [5.41, 5.74) is 1.26. The Hall–Kier alpha value is -1.59. The van der Waals surface area contributed by atoms with E-state index in [-0.39, 0.29) is 6.79 Å². The van der Waals surface area contributed by atoms with Crippen LogP contribution in [0.5, 0.6) is 11.5 Å². The molecule has 18 heavy (non-hydrogen) atoms. The molecule has 2 rings (SSSR count). The van der Waals surface area contributed by atoms with Crippen molar-refractivity contribution in [2.45, 2.75) is 13.0 Å². The third-order valence-electron chi connectivity index (χ3n) is 2.62. The number of rotatable bonds is 5. The molecule has 0 aliphatic carbocycles. The maximum Gasteiger partial charge on any atom is 0.172 e. The van der Waals surface area contributed by atoms with E-state index in [2.05, 4.69) is 0 Å². The molecule has 0 aromatic heterocycles. The predicted molar refractivity (Wildman–Crippen MR) is 64.1 cm³/mol. The fourth-order valence-corrected chi connectivity index (χ4v) is 1.79. The van der Waals surface area contributed by atoms with Gasteiger partial charge in [-0.05, 0) is 11.6 Å². The Labute approximate surface area is 106 Å². The zero-order valence-corrected chi connectivity index (χ0v) is 10.3. The van der Waals surface area contributed by atoms with Crippen molar-refractivity contribution in [1.29, 1.82) is 0 Å². The van der Waals surface area contributed by atoms with Crippen LogP contribution in [0.3, 0.4) is 0 Å². The smallest absolute Gasteiger partial charge is 0.172 e. The predicted octanol–water partition coefficient (Wildman–Crippen LogP) is 1.78. The number of carbonyl (C=O) groups is 1. The van der Waals surface area contributed by atoms with Crippen molar-refractivity contribution < 1.29 is 23.7 Å². The molecule has 1 aliphatic rings. The summed E-state index contributed by atoms with van der Waals surface area (Å²) in [6.07, 6.45) is 1.58. The summed E-state index contributed by atoms with van der Waals surface area (Å²) < 4.78 is 21.2. The fourth-order valence-electron chi connectivity index (χ4n) is 1.79. The Kier molecular flexibility index (Phi) is 4.55. The van der Waals surface area contributed by atoms with Crippen molar-refractivity contribution in [2.24, 2.45) is 0 Å². The number of ether oxygens (including phenoxy) is 4. The van der Waals surface area contributed by atoms with Crippen LogP contribution in [0.25, 0.3) is 0 Å². The molecule has 0 radical (unpaired) electrons. The van der Waals surface area contributed by atoms with Gasteiger partial charge in [-0.25, -0.2) is 0 Å². The van der Waals surface area contributed by atoms with Gasteiger partial charge in [0.05, 0.1) is 25.4 Å². The molecule has 5 heteroatoms. The molecule has 0 unspecified atom stereocenters. The van der Waals surface area contributed by atoms with Crippen LogP contribution in [0, 0.1) is 0 Å². The van der Waals surface area contributed by atoms with Crippen molar-refractivity contribution in [3.05, 3.63) is 23.3 Å². The van der Waals surface area contributed by atoms with Gasteiger partial charge >= 0.3 is 0 Å². The Morgan fingerprint density at radius 3 is 2.94 bits per heavy atom. The maximum atomic E-state index is 11.2. The van der Waals surface area contributed by atoms with Gasteiger partial charge in [-0.3, -0.25) is 4.79 Å². The van der Waals surface area contributed by atoms with Gasteiger partial charge in [0.15, 0.2) is 17.8 Å². The SMILES string of the molecule is COCOCc1ccc2c(c1C=O)OCCCO2. The van der Waals surface area contributed by atoms with Crippen molar-refractivity contribution in [3.63, 3.8) is 0 Å². The quantitative estimate of drug-likeness (QED) is 0.454. The van der Waals surface area contributed by atoms with Gasteiger partial charge in [-0.2, -0.15) is 0 Å².